The summed E-state index contributed by atoms with van der Waals surface area (Å²) in [6, 6.07) is 16.0. The Hall–Kier alpha value is -3.43. The Morgan fingerprint density at radius 2 is 1.57 bits per heavy atom. The van der Waals surface area contributed by atoms with Gasteiger partial charge in [-0.3, -0.25) is 19.6 Å². The van der Waals surface area contributed by atoms with Crippen LogP contribution in [0.3, 0.4) is 0 Å². The molecule has 2 aromatic carbocycles. The summed E-state index contributed by atoms with van der Waals surface area (Å²) in [5.74, 6) is -0.734. The molecule has 0 heterocycles. The van der Waals surface area contributed by atoms with Crippen LogP contribution in [0.25, 0.3) is 0 Å². The predicted octanol–water partition coefficient (Wildman–Crippen LogP) is 3.53. The highest BCUT2D eigenvalue weighted by Crippen LogP contribution is 2.18. The van der Waals surface area contributed by atoms with Crippen LogP contribution in [0, 0.1) is 0 Å². The minimum absolute atomic E-state index is 0.0856. The maximum atomic E-state index is 12.2. The molecule has 9 nitrogen and oxygen atoms in total. The number of unbranched alkanes of at least 4 members (excludes halogenated alkanes) is 3. The molecule has 0 spiro atoms. The molecule has 2 rings (SSSR count). The first-order valence-electron chi connectivity index (χ1n) is 11.9. The van der Waals surface area contributed by atoms with E-state index in [-0.39, 0.29) is 12.3 Å². The van der Waals surface area contributed by atoms with Crippen LogP contribution in [0.1, 0.15) is 50.5 Å². The van der Waals surface area contributed by atoms with Gasteiger partial charge in [-0.05, 0) is 49.9 Å². The molecule has 0 unspecified atom stereocenters. The second-order valence-corrected chi connectivity index (χ2v) is 8.26. The summed E-state index contributed by atoms with van der Waals surface area (Å²) in [5.41, 5.74) is 3.22. The van der Waals surface area contributed by atoms with Crippen molar-refractivity contribution in [2.45, 2.75) is 57.4 Å². The first kappa shape index (κ1) is 27.8. The van der Waals surface area contributed by atoms with Crippen LogP contribution < -0.4 is 20.9 Å². The summed E-state index contributed by atoms with van der Waals surface area (Å²) in [4.78, 5) is 34.6. The number of carboxylic acids is 1. The van der Waals surface area contributed by atoms with Gasteiger partial charge in [-0.2, -0.15) is 0 Å². The zero-order valence-corrected chi connectivity index (χ0v) is 19.9. The molecular weight excluding hydrogens is 450 g/mol. The van der Waals surface area contributed by atoms with Gasteiger partial charge in [-0.15, -0.1) is 0 Å². The van der Waals surface area contributed by atoms with Gasteiger partial charge in [0.2, 0.25) is 11.8 Å². The molecule has 0 bridgehead atoms. The maximum absolute atomic E-state index is 12.2. The number of aliphatic carboxylic acids is 1. The Morgan fingerprint density at radius 3 is 2.26 bits per heavy atom. The van der Waals surface area contributed by atoms with Crippen molar-refractivity contribution in [3.63, 3.8) is 0 Å². The molecule has 9 heteroatoms. The number of carbonyl (C=O) groups excluding carboxylic acids is 2. The van der Waals surface area contributed by atoms with Crippen molar-refractivity contribution < 1.29 is 29.4 Å². The van der Waals surface area contributed by atoms with E-state index < -0.39 is 17.9 Å². The van der Waals surface area contributed by atoms with E-state index in [0.717, 1.165) is 24.8 Å². The molecule has 2 aromatic rings. The molecule has 0 aliphatic rings. The second kappa shape index (κ2) is 16.2. The van der Waals surface area contributed by atoms with Gasteiger partial charge in [0.05, 0.1) is 6.61 Å². The van der Waals surface area contributed by atoms with Gasteiger partial charge in [0.15, 0.2) is 0 Å². The molecule has 1 atom stereocenters. The van der Waals surface area contributed by atoms with Crippen molar-refractivity contribution >= 4 is 23.5 Å². The van der Waals surface area contributed by atoms with E-state index in [1.807, 2.05) is 30.3 Å². The maximum Gasteiger partial charge on any atom is 0.321 e. The Labute approximate surface area is 205 Å². The van der Waals surface area contributed by atoms with Gasteiger partial charge >= 0.3 is 5.97 Å². The summed E-state index contributed by atoms with van der Waals surface area (Å²) in [7, 11) is 0. The average Bonchev–Trinajstić information content (AvgIpc) is 2.85. The molecule has 0 saturated carbocycles. The highest BCUT2D eigenvalue weighted by atomic mass is 16.5. The van der Waals surface area contributed by atoms with Crippen LogP contribution in [-0.2, 0) is 20.8 Å². The number of amides is 2. The van der Waals surface area contributed by atoms with Crippen molar-refractivity contribution in [3.05, 3.63) is 60.2 Å². The van der Waals surface area contributed by atoms with Crippen molar-refractivity contribution in [1.82, 2.24) is 10.8 Å². The summed E-state index contributed by atoms with van der Waals surface area (Å²) in [6.07, 6.45) is 4.75. The van der Waals surface area contributed by atoms with Gasteiger partial charge < -0.3 is 20.5 Å². The number of carbonyl (C=O) groups is 3. The standard InChI is InChI=1S/C26H35N3O6/c30-24(14-6-1-2-7-15-25(31)29-34)28-21-12-8-13-22(19-21)35-17-9-16-27-23(26(32)33)18-20-10-4-3-5-11-20/h3-5,8,10-13,19,23,27,34H,1-2,6-7,9,14-18H2,(H,28,30)(H,29,31)(H,32,33)/t23-/m0/s1. The number of hydrogen-bond acceptors (Lipinski definition) is 6. The van der Waals surface area contributed by atoms with E-state index in [1.165, 1.54) is 0 Å². The van der Waals surface area contributed by atoms with E-state index >= 15 is 0 Å². The number of rotatable bonds is 17. The van der Waals surface area contributed by atoms with Gasteiger partial charge in [0.1, 0.15) is 11.8 Å². The summed E-state index contributed by atoms with van der Waals surface area (Å²) in [6.45, 7) is 0.918. The minimum Gasteiger partial charge on any atom is -0.493 e. The summed E-state index contributed by atoms with van der Waals surface area (Å²) in [5, 5.41) is 23.8. The number of benzene rings is 2. The lowest BCUT2D eigenvalue weighted by molar-refractivity contribution is -0.139. The Bertz CT molecular complexity index is 922. The number of carboxylic acid groups (broad SMARTS) is 1. The van der Waals surface area contributed by atoms with Gasteiger partial charge in [0, 0.05) is 24.6 Å². The fourth-order valence-electron chi connectivity index (χ4n) is 3.50. The lowest BCUT2D eigenvalue weighted by atomic mass is 10.1. The summed E-state index contributed by atoms with van der Waals surface area (Å²) >= 11 is 0. The van der Waals surface area contributed by atoms with Crippen molar-refractivity contribution in [1.29, 1.82) is 0 Å². The zero-order valence-electron chi connectivity index (χ0n) is 19.9. The van der Waals surface area contributed by atoms with E-state index in [9.17, 15) is 19.5 Å². The third kappa shape index (κ3) is 12.0. The van der Waals surface area contributed by atoms with Crippen molar-refractivity contribution in [2.75, 3.05) is 18.5 Å². The van der Waals surface area contributed by atoms with E-state index in [0.29, 0.717) is 50.3 Å². The zero-order chi connectivity index (χ0) is 25.3. The molecule has 0 aliphatic heterocycles. The topological polar surface area (TPSA) is 137 Å². The lowest BCUT2D eigenvalue weighted by Gasteiger charge is -2.15. The van der Waals surface area contributed by atoms with Gasteiger partial charge in [0.25, 0.3) is 0 Å². The first-order valence-corrected chi connectivity index (χ1v) is 11.9. The minimum atomic E-state index is -0.882. The normalized spacial score (nSPS) is 11.5. The van der Waals surface area contributed by atoms with Gasteiger partial charge in [-0.1, -0.05) is 49.2 Å². The fraction of sp³-hybridized carbons (Fsp3) is 0.423. The van der Waals surface area contributed by atoms with E-state index in [4.69, 9.17) is 9.94 Å². The largest absolute Gasteiger partial charge is 0.493 e. The number of hydrogen-bond donors (Lipinski definition) is 5. The Balaban J connectivity index is 1.63. The number of hydroxylamine groups is 1. The van der Waals surface area contributed by atoms with E-state index in [2.05, 4.69) is 10.6 Å². The molecule has 0 fully saturated rings. The summed E-state index contributed by atoms with van der Waals surface area (Å²) < 4.78 is 5.75. The van der Waals surface area contributed by atoms with Crippen molar-refractivity contribution in [3.8, 4) is 5.75 Å². The monoisotopic (exact) mass is 485 g/mol. The Kier molecular flexibility index (Phi) is 12.9. The van der Waals surface area contributed by atoms with Crippen LogP contribution in [0.4, 0.5) is 5.69 Å². The molecule has 35 heavy (non-hydrogen) atoms. The molecular formula is C26H35N3O6. The lowest BCUT2D eigenvalue weighted by Crippen LogP contribution is -2.39. The smallest absolute Gasteiger partial charge is 0.321 e. The predicted molar refractivity (Wildman–Crippen MR) is 132 cm³/mol. The third-order valence-electron chi connectivity index (χ3n) is 5.36. The van der Waals surface area contributed by atoms with Gasteiger partial charge in [-0.25, -0.2) is 5.48 Å². The number of nitrogens with one attached hydrogen (secondary N) is 3. The molecule has 5 N–H and O–H groups in total. The average molecular weight is 486 g/mol. The number of ether oxygens (including phenoxy) is 1. The Morgan fingerprint density at radius 1 is 0.857 bits per heavy atom. The van der Waals surface area contributed by atoms with Crippen LogP contribution in [0.15, 0.2) is 54.6 Å². The molecule has 0 aliphatic carbocycles. The first-order chi connectivity index (χ1) is 17.0. The number of anilines is 1. The fourth-order valence-corrected chi connectivity index (χ4v) is 3.50. The molecule has 0 radical (unpaired) electrons. The van der Waals surface area contributed by atoms with Crippen LogP contribution in [0.5, 0.6) is 5.75 Å². The van der Waals surface area contributed by atoms with E-state index in [1.54, 1.807) is 29.7 Å². The highest BCUT2D eigenvalue weighted by Gasteiger charge is 2.16. The highest BCUT2D eigenvalue weighted by molar-refractivity contribution is 5.90. The third-order valence-corrected chi connectivity index (χ3v) is 5.36. The van der Waals surface area contributed by atoms with Crippen LogP contribution in [-0.4, -0.2) is 47.3 Å². The molecule has 190 valence electrons. The van der Waals surface area contributed by atoms with Crippen molar-refractivity contribution in [2.24, 2.45) is 0 Å². The molecule has 2 amide bonds. The van der Waals surface area contributed by atoms with Crippen LogP contribution in [0.2, 0.25) is 0 Å². The molecule has 0 aromatic heterocycles. The van der Waals surface area contributed by atoms with Crippen LogP contribution >= 0.6 is 0 Å². The quantitative estimate of drug-likeness (QED) is 0.131. The SMILES string of the molecule is O=C(CCCCCCC(=O)Nc1cccc(OCCCN[C@@H](Cc2ccccc2)C(=O)O)c1)NO. The molecule has 0 saturated heterocycles. The second-order valence-electron chi connectivity index (χ2n) is 8.26.